The molecule has 0 aliphatic rings. The molecule has 8 aromatic rings. The highest BCUT2D eigenvalue weighted by Gasteiger charge is 2.17. The third kappa shape index (κ3) is 6.46. The first-order valence-corrected chi connectivity index (χ1v) is 16.2. The smallest absolute Gasteiger partial charge is 0.164 e. The van der Waals surface area contributed by atoms with E-state index in [9.17, 15) is 0 Å². The maximum atomic E-state index is 6.61. The van der Waals surface area contributed by atoms with Gasteiger partial charge in [0.25, 0.3) is 0 Å². The summed E-state index contributed by atoms with van der Waals surface area (Å²) in [6.45, 7) is 0. The fourth-order valence-electron chi connectivity index (χ4n) is 5.62. The highest BCUT2D eigenvalue weighted by Crippen LogP contribution is 2.35. The molecule has 0 N–H and O–H groups in total. The average Bonchev–Trinajstić information content (AvgIpc) is 3.19. The Labute approximate surface area is 288 Å². The fourth-order valence-corrected chi connectivity index (χ4v) is 5.79. The predicted molar refractivity (Wildman–Crippen MR) is 196 cm³/mol. The predicted octanol–water partition coefficient (Wildman–Crippen LogP) is 10.4. The number of nitrogens with zero attached hydrogens (tertiary/aromatic N) is 6. The Morgan fingerprint density at radius 1 is 0.265 bits per heavy atom. The van der Waals surface area contributed by atoms with Crippen LogP contribution < -0.4 is 0 Å². The summed E-state index contributed by atoms with van der Waals surface area (Å²) in [7, 11) is 0. The first-order valence-electron chi connectivity index (χ1n) is 15.8. The van der Waals surface area contributed by atoms with Crippen molar-refractivity contribution < 1.29 is 0 Å². The molecular formula is C42H27ClN6. The molecule has 0 saturated carbocycles. The maximum absolute atomic E-state index is 6.61. The molecule has 0 fully saturated rings. The molecule has 8 rings (SSSR count). The molecule has 2 aromatic heterocycles. The van der Waals surface area contributed by atoms with Gasteiger partial charge < -0.3 is 0 Å². The zero-order valence-electron chi connectivity index (χ0n) is 26.1. The molecule has 6 aromatic carbocycles. The van der Waals surface area contributed by atoms with Crippen molar-refractivity contribution in [3.05, 3.63) is 169 Å². The van der Waals surface area contributed by atoms with Crippen molar-refractivity contribution in [2.75, 3.05) is 0 Å². The molecule has 0 radical (unpaired) electrons. The Hall–Kier alpha value is -6.37. The van der Waals surface area contributed by atoms with Crippen molar-refractivity contribution in [2.45, 2.75) is 0 Å². The minimum absolute atomic E-state index is 0.556. The number of hydrogen-bond acceptors (Lipinski definition) is 6. The van der Waals surface area contributed by atoms with Crippen molar-refractivity contribution >= 4 is 11.6 Å². The van der Waals surface area contributed by atoms with E-state index in [4.69, 9.17) is 41.5 Å². The van der Waals surface area contributed by atoms with Crippen molar-refractivity contribution in [1.82, 2.24) is 29.9 Å². The van der Waals surface area contributed by atoms with Crippen LogP contribution in [0, 0.1) is 0 Å². The summed E-state index contributed by atoms with van der Waals surface area (Å²) in [5, 5.41) is 0.612. The molecule has 0 aliphatic carbocycles. The van der Waals surface area contributed by atoms with Crippen molar-refractivity contribution in [3.63, 3.8) is 0 Å². The molecule has 49 heavy (non-hydrogen) atoms. The number of aromatic nitrogens is 6. The van der Waals surface area contributed by atoms with Crippen LogP contribution in [0.5, 0.6) is 0 Å². The summed E-state index contributed by atoms with van der Waals surface area (Å²) < 4.78 is 0. The van der Waals surface area contributed by atoms with Crippen LogP contribution in [-0.2, 0) is 0 Å². The third-order valence-electron chi connectivity index (χ3n) is 8.08. The molecule has 6 nitrogen and oxygen atoms in total. The van der Waals surface area contributed by atoms with Gasteiger partial charge in [0.1, 0.15) is 0 Å². The molecule has 0 aliphatic heterocycles. The fraction of sp³-hybridized carbons (Fsp3) is 0. The molecule has 0 spiro atoms. The minimum Gasteiger partial charge on any atom is -0.208 e. The third-order valence-corrected chi connectivity index (χ3v) is 8.31. The van der Waals surface area contributed by atoms with E-state index in [0.717, 1.165) is 44.5 Å². The van der Waals surface area contributed by atoms with Gasteiger partial charge in [0.2, 0.25) is 0 Å². The highest BCUT2D eigenvalue weighted by molar-refractivity contribution is 6.31. The molecule has 0 saturated heterocycles. The van der Waals surface area contributed by atoms with Crippen molar-refractivity contribution in [2.24, 2.45) is 0 Å². The Morgan fingerprint density at radius 3 is 0.939 bits per heavy atom. The average molecular weight is 651 g/mol. The zero-order chi connectivity index (χ0) is 33.0. The SMILES string of the molecule is Clc1ccc(-c2nc(-c3ccccc3)nc(-c3ccccc3)n2)c(-c2ccc(-c3nc(-c4ccccc4)nc(-c4ccccc4)n3)cc2)c1. The van der Waals surface area contributed by atoms with E-state index >= 15 is 0 Å². The van der Waals surface area contributed by atoms with Crippen LogP contribution in [0.4, 0.5) is 0 Å². The Balaban J connectivity index is 1.22. The summed E-state index contributed by atoms with van der Waals surface area (Å²) in [6.07, 6.45) is 0. The van der Waals surface area contributed by atoms with Gasteiger partial charge in [-0.15, -0.1) is 0 Å². The van der Waals surface area contributed by atoms with Gasteiger partial charge in [0.05, 0.1) is 0 Å². The monoisotopic (exact) mass is 650 g/mol. The maximum Gasteiger partial charge on any atom is 0.164 e. The lowest BCUT2D eigenvalue weighted by molar-refractivity contribution is 1.07. The molecular weight excluding hydrogens is 624 g/mol. The van der Waals surface area contributed by atoms with Crippen LogP contribution in [0.3, 0.4) is 0 Å². The number of halogens is 1. The summed E-state index contributed by atoms with van der Waals surface area (Å²) in [5.41, 5.74) is 7.21. The van der Waals surface area contributed by atoms with E-state index < -0.39 is 0 Å². The second-order valence-electron chi connectivity index (χ2n) is 11.3. The molecule has 2 heterocycles. The quantitative estimate of drug-likeness (QED) is 0.171. The van der Waals surface area contributed by atoms with Crippen LogP contribution in [0.25, 0.3) is 79.5 Å². The summed E-state index contributed by atoms with van der Waals surface area (Å²) in [5.74, 6) is 3.56. The summed E-state index contributed by atoms with van der Waals surface area (Å²) >= 11 is 6.61. The highest BCUT2D eigenvalue weighted by atomic mass is 35.5. The molecule has 0 bridgehead atoms. The van der Waals surface area contributed by atoms with Crippen LogP contribution >= 0.6 is 11.6 Å². The molecule has 232 valence electrons. The van der Waals surface area contributed by atoms with Crippen LogP contribution in [0.1, 0.15) is 0 Å². The number of rotatable bonds is 7. The second kappa shape index (κ2) is 13.4. The lowest BCUT2D eigenvalue weighted by Crippen LogP contribution is -2.01. The minimum atomic E-state index is 0.556. The van der Waals surface area contributed by atoms with Gasteiger partial charge in [-0.1, -0.05) is 157 Å². The van der Waals surface area contributed by atoms with Gasteiger partial charge >= 0.3 is 0 Å². The van der Waals surface area contributed by atoms with Crippen LogP contribution in [-0.4, -0.2) is 29.9 Å². The van der Waals surface area contributed by atoms with Crippen LogP contribution in [0.2, 0.25) is 5.02 Å². The van der Waals surface area contributed by atoms with E-state index in [1.54, 1.807) is 0 Å². The van der Waals surface area contributed by atoms with Gasteiger partial charge in [-0.3, -0.25) is 0 Å². The number of hydrogen-bond donors (Lipinski definition) is 0. The molecule has 0 amide bonds. The van der Waals surface area contributed by atoms with Crippen molar-refractivity contribution in [3.8, 4) is 79.5 Å². The molecule has 0 atom stereocenters. The first kappa shape index (κ1) is 30.0. The molecule has 0 unspecified atom stereocenters. The normalized spacial score (nSPS) is 11.0. The van der Waals surface area contributed by atoms with E-state index in [1.807, 2.05) is 152 Å². The van der Waals surface area contributed by atoms with E-state index in [2.05, 4.69) is 12.1 Å². The lowest BCUT2D eigenvalue weighted by Gasteiger charge is -2.13. The van der Waals surface area contributed by atoms with Gasteiger partial charge in [0.15, 0.2) is 34.9 Å². The lowest BCUT2D eigenvalue weighted by atomic mass is 9.97. The molecule has 7 heteroatoms. The number of benzene rings is 6. The Bertz CT molecular complexity index is 2250. The van der Waals surface area contributed by atoms with Gasteiger partial charge in [-0.05, 0) is 29.3 Å². The first-order chi connectivity index (χ1) is 24.2. The van der Waals surface area contributed by atoms with E-state index in [1.165, 1.54) is 0 Å². The van der Waals surface area contributed by atoms with E-state index in [0.29, 0.717) is 40.0 Å². The standard InChI is InChI=1S/C42H27ClN6/c43-34-25-26-35(42-48-39(31-17-9-3-10-18-31)47-40(49-42)32-19-11-4-12-20-32)36(27-34)28-21-23-33(24-22-28)41-45-37(29-13-5-1-6-14-29)44-38(46-41)30-15-7-2-8-16-30/h1-27H. The van der Waals surface area contributed by atoms with Crippen molar-refractivity contribution in [1.29, 1.82) is 0 Å². The van der Waals surface area contributed by atoms with Gasteiger partial charge in [-0.25, -0.2) is 29.9 Å². The van der Waals surface area contributed by atoms with Crippen LogP contribution in [0.15, 0.2) is 164 Å². The summed E-state index contributed by atoms with van der Waals surface area (Å²) in [6, 6.07) is 53.7. The largest absolute Gasteiger partial charge is 0.208 e. The van der Waals surface area contributed by atoms with Gasteiger partial charge in [0, 0.05) is 38.4 Å². The van der Waals surface area contributed by atoms with E-state index in [-0.39, 0.29) is 0 Å². The topological polar surface area (TPSA) is 77.3 Å². The second-order valence-corrected chi connectivity index (χ2v) is 11.8. The zero-order valence-corrected chi connectivity index (χ0v) is 26.9. The summed E-state index contributed by atoms with van der Waals surface area (Å²) in [4.78, 5) is 29.4. The Morgan fingerprint density at radius 2 is 0.571 bits per heavy atom. The Kier molecular flexibility index (Phi) is 8.20. The van der Waals surface area contributed by atoms with Gasteiger partial charge in [-0.2, -0.15) is 0 Å².